The molecule has 0 fully saturated rings. The average Bonchev–Trinajstić information content (AvgIpc) is 2.68. The van der Waals surface area contributed by atoms with Crippen molar-refractivity contribution in [1.82, 2.24) is 0 Å². The van der Waals surface area contributed by atoms with Crippen molar-refractivity contribution >= 4 is 23.5 Å². The quantitative estimate of drug-likeness (QED) is 0.816. The minimum atomic E-state index is -0.00442. The van der Waals surface area contributed by atoms with E-state index in [9.17, 15) is 4.79 Å². The monoisotopic (exact) mass is 279 g/mol. The van der Waals surface area contributed by atoms with Gasteiger partial charge in [-0.05, 0) is 37.3 Å². The summed E-state index contributed by atoms with van der Waals surface area (Å²) in [7, 11) is 0. The average molecular weight is 279 g/mol. The van der Waals surface area contributed by atoms with Gasteiger partial charge in [-0.1, -0.05) is 17.7 Å². The molecule has 106 valence electrons. The van der Waals surface area contributed by atoms with Gasteiger partial charge in [-0.3, -0.25) is 9.79 Å². The summed E-state index contributed by atoms with van der Waals surface area (Å²) in [6, 6.07) is 13.2. The summed E-state index contributed by atoms with van der Waals surface area (Å²) in [6.45, 7) is 3.14. The van der Waals surface area contributed by atoms with E-state index in [0.717, 1.165) is 16.8 Å². The van der Waals surface area contributed by atoms with E-state index < -0.39 is 0 Å². The van der Waals surface area contributed by atoms with Crippen LogP contribution in [0.2, 0.25) is 0 Å². The maximum Gasteiger partial charge on any atom is 0.258 e. The van der Waals surface area contributed by atoms with Crippen LogP contribution in [0.4, 0.5) is 11.4 Å². The van der Waals surface area contributed by atoms with E-state index in [4.69, 9.17) is 5.73 Å². The van der Waals surface area contributed by atoms with Gasteiger partial charge in [0, 0.05) is 29.6 Å². The molecule has 0 unspecified atom stereocenters. The number of nitrogens with zero attached hydrogens (tertiary/aromatic N) is 2. The number of hydrogen-bond acceptors (Lipinski definition) is 3. The lowest BCUT2D eigenvalue weighted by atomic mass is 10.1. The number of aliphatic imine (C=N–C) groups is 1. The molecule has 0 saturated heterocycles. The van der Waals surface area contributed by atoms with Crippen molar-refractivity contribution in [1.29, 1.82) is 0 Å². The summed E-state index contributed by atoms with van der Waals surface area (Å²) >= 11 is 0. The van der Waals surface area contributed by atoms with Crippen LogP contribution in [-0.2, 0) is 0 Å². The normalized spacial score (nSPS) is 13.7. The smallest absolute Gasteiger partial charge is 0.258 e. The Labute approximate surface area is 123 Å². The standard InChI is InChI=1S/C17H17N3O/c1-12-3-2-4-13(9-12)17(21)20-8-7-19-11-14-10-15(18)5-6-16(14)20/h2-6,9-11H,7-8,18H2,1H3. The van der Waals surface area contributed by atoms with Crippen LogP contribution in [0, 0.1) is 6.92 Å². The van der Waals surface area contributed by atoms with Gasteiger partial charge in [0.05, 0.1) is 12.2 Å². The molecule has 0 aliphatic carbocycles. The number of amides is 1. The van der Waals surface area contributed by atoms with Crippen LogP contribution in [0.3, 0.4) is 0 Å². The van der Waals surface area contributed by atoms with Gasteiger partial charge < -0.3 is 10.6 Å². The number of hydrogen-bond donors (Lipinski definition) is 1. The third kappa shape index (κ3) is 2.65. The van der Waals surface area contributed by atoms with Crippen molar-refractivity contribution in [2.45, 2.75) is 6.92 Å². The van der Waals surface area contributed by atoms with Gasteiger partial charge in [0.1, 0.15) is 0 Å². The fourth-order valence-electron chi connectivity index (χ4n) is 2.51. The first kappa shape index (κ1) is 13.4. The number of benzodiazepines with no additional fused rings is 1. The third-order valence-electron chi connectivity index (χ3n) is 3.54. The number of carbonyl (C=O) groups is 1. The van der Waals surface area contributed by atoms with Crippen LogP contribution in [0.25, 0.3) is 0 Å². The summed E-state index contributed by atoms with van der Waals surface area (Å²) in [4.78, 5) is 18.9. The van der Waals surface area contributed by atoms with Crippen molar-refractivity contribution in [3.8, 4) is 0 Å². The first-order valence-electron chi connectivity index (χ1n) is 6.93. The molecule has 2 aromatic carbocycles. The molecule has 4 heteroatoms. The third-order valence-corrected chi connectivity index (χ3v) is 3.54. The first-order chi connectivity index (χ1) is 10.1. The zero-order chi connectivity index (χ0) is 14.8. The number of fused-ring (bicyclic) bond motifs is 1. The van der Waals surface area contributed by atoms with Gasteiger partial charge in [0.2, 0.25) is 0 Å². The Morgan fingerprint density at radius 1 is 1.24 bits per heavy atom. The molecule has 21 heavy (non-hydrogen) atoms. The highest BCUT2D eigenvalue weighted by atomic mass is 16.2. The van der Waals surface area contributed by atoms with E-state index >= 15 is 0 Å². The van der Waals surface area contributed by atoms with Crippen molar-refractivity contribution in [2.75, 3.05) is 23.7 Å². The summed E-state index contributed by atoms with van der Waals surface area (Å²) in [6.07, 6.45) is 1.79. The molecule has 0 aromatic heterocycles. The van der Waals surface area contributed by atoms with Gasteiger partial charge in [0.15, 0.2) is 0 Å². The number of carbonyl (C=O) groups excluding carboxylic acids is 1. The SMILES string of the molecule is Cc1cccc(C(=O)N2CCN=Cc3cc(N)ccc32)c1. The van der Waals surface area contributed by atoms with Gasteiger partial charge >= 0.3 is 0 Å². The molecule has 0 radical (unpaired) electrons. The fourth-order valence-corrected chi connectivity index (χ4v) is 2.51. The van der Waals surface area contributed by atoms with Gasteiger partial charge in [-0.15, -0.1) is 0 Å². The minimum Gasteiger partial charge on any atom is -0.399 e. The molecule has 1 amide bonds. The van der Waals surface area contributed by atoms with E-state index in [1.54, 1.807) is 11.1 Å². The lowest BCUT2D eigenvalue weighted by molar-refractivity contribution is 0.0987. The number of nitrogen functional groups attached to an aromatic ring is 1. The molecular formula is C17H17N3O. The molecule has 2 N–H and O–H groups in total. The lowest BCUT2D eigenvalue weighted by Crippen LogP contribution is -2.33. The van der Waals surface area contributed by atoms with E-state index in [1.165, 1.54) is 0 Å². The van der Waals surface area contributed by atoms with E-state index in [2.05, 4.69) is 4.99 Å². The Morgan fingerprint density at radius 3 is 2.90 bits per heavy atom. The molecule has 0 bridgehead atoms. The molecule has 3 rings (SSSR count). The number of benzene rings is 2. The van der Waals surface area contributed by atoms with Crippen LogP contribution in [-0.4, -0.2) is 25.2 Å². The Kier molecular flexibility index (Phi) is 3.44. The van der Waals surface area contributed by atoms with E-state index in [1.807, 2.05) is 49.4 Å². The molecule has 0 spiro atoms. The molecule has 0 saturated carbocycles. The summed E-state index contributed by atoms with van der Waals surface area (Å²) in [5.41, 5.74) is 10.0. The number of aryl methyl sites for hydroxylation is 1. The van der Waals surface area contributed by atoms with Crippen LogP contribution >= 0.6 is 0 Å². The van der Waals surface area contributed by atoms with Gasteiger partial charge in [-0.25, -0.2) is 0 Å². The summed E-state index contributed by atoms with van der Waals surface area (Å²) in [5.74, 6) is -0.00442. The maximum atomic E-state index is 12.8. The Morgan fingerprint density at radius 2 is 2.10 bits per heavy atom. The second-order valence-corrected chi connectivity index (χ2v) is 5.18. The minimum absolute atomic E-state index is 0.00442. The highest BCUT2D eigenvalue weighted by Gasteiger charge is 2.21. The molecular weight excluding hydrogens is 262 g/mol. The predicted molar refractivity (Wildman–Crippen MR) is 86.2 cm³/mol. The Bertz CT molecular complexity index is 722. The largest absolute Gasteiger partial charge is 0.399 e. The number of rotatable bonds is 1. The Hall–Kier alpha value is -2.62. The van der Waals surface area contributed by atoms with Crippen molar-refractivity contribution < 1.29 is 4.79 Å². The highest BCUT2D eigenvalue weighted by molar-refractivity contribution is 6.09. The van der Waals surface area contributed by atoms with E-state index in [0.29, 0.717) is 24.3 Å². The lowest BCUT2D eigenvalue weighted by Gasteiger charge is -2.22. The fraction of sp³-hybridized carbons (Fsp3) is 0.176. The second-order valence-electron chi connectivity index (χ2n) is 5.18. The van der Waals surface area contributed by atoms with Crippen LogP contribution in [0.1, 0.15) is 21.5 Å². The molecule has 0 atom stereocenters. The molecule has 2 aromatic rings. The molecule has 1 aliphatic heterocycles. The summed E-state index contributed by atoms with van der Waals surface area (Å²) < 4.78 is 0. The molecule has 1 aliphatic rings. The van der Waals surface area contributed by atoms with Crippen molar-refractivity contribution in [3.05, 3.63) is 59.2 Å². The van der Waals surface area contributed by atoms with E-state index in [-0.39, 0.29) is 5.91 Å². The second kappa shape index (κ2) is 5.40. The maximum absolute atomic E-state index is 12.8. The van der Waals surface area contributed by atoms with Crippen LogP contribution in [0.15, 0.2) is 47.5 Å². The highest BCUT2D eigenvalue weighted by Crippen LogP contribution is 2.25. The Balaban J connectivity index is 2.02. The first-order valence-corrected chi connectivity index (χ1v) is 6.93. The predicted octanol–water partition coefficient (Wildman–Crippen LogP) is 2.66. The molecule has 4 nitrogen and oxygen atoms in total. The number of nitrogens with two attached hydrogens (primary N) is 1. The van der Waals surface area contributed by atoms with Crippen molar-refractivity contribution in [2.24, 2.45) is 4.99 Å². The summed E-state index contributed by atoms with van der Waals surface area (Å²) in [5, 5.41) is 0. The number of anilines is 2. The van der Waals surface area contributed by atoms with Crippen LogP contribution in [0.5, 0.6) is 0 Å². The van der Waals surface area contributed by atoms with Crippen LogP contribution < -0.4 is 10.6 Å². The topological polar surface area (TPSA) is 58.7 Å². The molecule has 1 heterocycles. The van der Waals surface area contributed by atoms with Gasteiger partial charge in [-0.2, -0.15) is 0 Å². The zero-order valence-corrected chi connectivity index (χ0v) is 11.9. The van der Waals surface area contributed by atoms with Gasteiger partial charge in [0.25, 0.3) is 5.91 Å². The zero-order valence-electron chi connectivity index (χ0n) is 11.9. The van der Waals surface area contributed by atoms with Crippen molar-refractivity contribution in [3.63, 3.8) is 0 Å².